The number of piperazine rings is 1. The number of carbonyl (C=O) groups excluding carboxylic acids is 2. The zero-order chi connectivity index (χ0) is 20.2. The summed E-state index contributed by atoms with van der Waals surface area (Å²) in [7, 11) is -0.438. The van der Waals surface area contributed by atoms with Gasteiger partial charge in [0.15, 0.2) is 0 Å². The Morgan fingerprint density at radius 3 is 2.37 bits per heavy atom. The van der Waals surface area contributed by atoms with Crippen molar-refractivity contribution < 1.29 is 18.0 Å². The molecule has 150 valence electrons. The number of aryl methyl sites for hydroxylation is 2. The molecule has 2 rings (SSSR count). The molecule has 8 nitrogen and oxygen atoms in total. The third-order valence-electron chi connectivity index (χ3n) is 4.74. The first-order valence-electron chi connectivity index (χ1n) is 8.89. The van der Waals surface area contributed by atoms with Crippen molar-refractivity contribution in [1.82, 2.24) is 19.4 Å². The van der Waals surface area contributed by atoms with Crippen LogP contribution in [0.1, 0.15) is 11.1 Å². The number of sulfonamides is 1. The topological polar surface area (TPSA) is 90.0 Å². The van der Waals surface area contributed by atoms with Crippen molar-refractivity contribution in [2.75, 3.05) is 53.4 Å². The van der Waals surface area contributed by atoms with Gasteiger partial charge in [-0.3, -0.25) is 14.5 Å². The maximum absolute atomic E-state index is 12.9. The van der Waals surface area contributed by atoms with Gasteiger partial charge in [-0.25, -0.2) is 8.42 Å². The average molecular weight is 397 g/mol. The zero-order valence-electron chi connectivity index (χ0n) is 16.4. The standard InChI is InChI=1S/C18H28N4O4S/c1-14-5-6-15(2)16(11-14)27(25,26)22-9-7-21(8-10-22)13-18(24)20(4)12-17(23)19-3/h5-6,11H,7-10,12-13H2,1-4H3,(H,19,23). The van der Waals surface area contributed by atoms with Crippen molar-refractivity contribution in [2.45, 2.75) is 18.7 Å². The van der Waals surface area contributed by atoms with Crippen LogP contribution in [0.25, 0.3) is 0 Å². The molecule has 1 aliphatic rings. The molecular formula is C18H28N4O4S. The highest BCUT2D eigenvalue weighted by molar-refractivity contribution is 7.89. The van der Waals surface area contributed by atoms with Gasteiger partial charge < -0.3 is 10.2 Å². The van der Waals surface area contributed by atoms with E-state index >= 15 is 0 Å². The predicted molar refractivity (Wildman–Crippen MR) is 103 cm³/mol. The molecule has 0 bridgehead atoms. The van der Waals surface area contributed by atoms with E-state index in [1.807, 2.05) is 24.0 Å². The summed E-state index contributed by atoms with van der Waals surface area (Å²) in [5, 5.41) is 2.48. The van der Waals surface area contributed by atoms with Crippen LogP contribution >= 0.6 is 0 Å². The summed E-state index contributed by atoms with van der Waals surface area (Å²) >= 11 is 0. The van der Waals surface area contributed by atoms with Crippen LogP contribution < -0.4 is 5.32 Å². The van der Waals surface area contributed by atoms with Gasteiger partial charge in [0, 0.05) is 40.3 Å². The van der Waals surface area contributed by atoms with Crippen LogP contribution in [-0.4, -0.2) is 87.7 Å². The molecule has 0 radical (unpaired) electrons. The van der Waals surface area contributed by atoms with Gasteiger partial charge in [-0.05, 0) is 31.0 Å². The molecule has 27 heavy (non-hydrogen) atoms. The number of benzene rings is 1. The Bertz CT molecular complexity index is 802. The number of rotatable bonds is 6. The minimum absolute atomic E-state index is 0.0102. The number of hydrogen-bond donors (Lipinski definition) is 1. The van der Waals surface area contributed by atoms with Crippen molar-refractivity contribution in [2.24, 2.45) is 0 Å². The minimum Gasteiger partial charge on any atom is -0.358 e. The fraction of sp³-hybridized carbons (Fsp3) is 0.556. The zero-order valence-corrected chi connectivity index (χ0v) is 17.2. The molecule has 2 amide bonds. The molecule has 0 spiro atoms. The number of hydrogen-bond acceptors (Lipinski definition) is 5. The lowest BCUT2D eigenvalue weighted by atomic mass is 10.2. The summed E-state index contributed by atoms with van der Waals surface area (Å²) < 4.78 is 27.4. The van der Waals surface area contributed by atoms with Gasteiger partial charge in [0.1, 0.15) is 0 Å². The second kappa shape index (κ2) is 8.81. The molecule has 1 aromatic carbocycles. The molecule has 0 saturated carbocycles. The van der Waals surface area contributed by atoms with Gasteiger partial charge in [-0.2, -0.15) is 4.31 Å². The number of amides is 2. The summed E-state index contributed by atoms with van der Waals surface area (Å²) in [6.45, 7) is 5.47. The van der Waals surface area contributed by atoms with Crippen molar-refractivity contribution >= 4 is 21.8 Å². The predicted octanol–water partition coefficient (Wildman–Crippen LogP) is -0.186. The Hall–Kier alpha value is -1.97. The molecule has 0 aliphatic carbocycles. The van der Waals surface area contributed by atoms with Gasteiger partial charge in [0.05, 0.1) is 18.0 Å². The van der Waals surface area contributed by atoms with Crippen LogP contribution in [0.3, 0.4) is 0 Å². The number of nitrogens with zero attached hydrogens (tertiary/aromatic N) is 3. The lowest BCUT2D eigenvalue weighted by Crippen LogP contribution is -2.51. The minimum atomic E-state index is -3.54. The first-order chi connectivity index (χ1) is 12.6. The molecule has 9 heteroatoms. The maximum Gasteiger partial charge on any atom is 0.243 e. The van der Waals surface area contributed by atoms with E-state index < -0.39 is 10.0 Å². The molecule has 1 aliphatic heterocycles. The number of carbonyl (C=O) groups is 2. The van der Waals surface area contributed by atoms with Gasteiger partial charge in [-0.1, -0.05) is 12.1 Å². The molecule has 1 heterocycles. The van der Waals surface area contributed by atoms with E-state index in [1.165, 1.54) is 16.3 Å². The smallest absolute Gasteiger partial charge is 0.243 e. The fourth-order valence-corrected chi connectivity index (χ4v) is 4.68. The Morgan fingerprint density at radius 2 is 1.78 bits per heavy atom. The van der Waals surface area contributed by atoms with Crippen LogP contribution in [-0.2, 0) is 19.6 Å². The van der Waals surface area contributed by atoms with E-state index in [0.29, 0.717) is 31.1 Å². The molecule has 0 aromatic heterocycles. The van der Waals surface area contributed by atoms with Gasteiger partial charge in [0.2, 0.25) is 21.8 Å². The normalized spacial score (nSPS) is 16.1. The summed E-state index contributed by atoms with van der Waals surface area (Å²) in [6.07, 6.45) is 0. The summed E-state index contributed by atoms with van der Waals surface area (Å²) in [5.41, 5.74) is 1.64. The Balaban J connectivity index is 1.95. The van der Waals surface area contributed by atoms with E-state index in [0.717, 1.165) is 11.1 Å². The molecule has 0 unspecified atom stereocenters. The van der Waals surface area contributed by atoms with Crippen LogP contribution in [0.15, 0.2) is 23.1 Å². The van der Waals surface area contributed by atoms with E-state index in [2.05, 4.69) is 5.32 Å². The number of likely N-dealkylation sites (N-methyl/N-ethyl adjacent to an activating group) is 2. The monoisotopic (exact) mass is 396 g/mol. The van der Waals surface area contributed by atoms with E-state index in [9.17, 15) is 18.0 Å². The molecule has 1 fully saturated rings. The average Bonchev–Trinajstić information content (AvgIpc) is 2.63. The van der Waals surface area contributed by atoms with Crippen LogP contribution in [0.4, 0.5) is 0 Å². The van der Waals surface area contributed by atoms with E-state index in [4.69, 9.17) is 0 Å². The fourth-order valence-electron chi connectivity index (χ4n) is 2.95. The third-order valence-corrected chi connectivity index (χ3v) is 6.78. The van der Waals surface area contributed by atoms with E-state index in [1.54, 1.807) is 20.0 Å². The van der Waals surface area contributed by atoms with Crippen molar-refractivity contribution in [3.63, 3.8) is 0 Å². The van der Waals surface area contributed by atoms with Crippen molar-refractivity contribution in [3.05, 3.63) is 29.3 Å². The Labute approximate surface area is 161 Å². The van der Waals surface area contributed by atoms with Gasteiger partial charge >= 0.3 is 0 Å². The molecular weight excluding hydrogens is 368 g/mol. The first kappa shape index (κ1) is 21.3. The lowest BCUT2D eigenvalue weighted by molar-refractivity contribution is -0.135. The van der Waals surface area contributed by atoms with Gasteiger partial charge in [0.25, 0.3) is 0 Å². The Kier molecular flexibility index (Phi) is 6.96. The highest BCUT2D eigenvalue weighted by atomic mass is 32.2. The van der Waals surface area contributed by atoms with Crippen LogP contribution in [0.2, 0.25) is 0 Å². The second-order valence-electron chi connectivity index (χ2n) is 6.87. The largest absolute Gasteiger partial charge is 0.358 e. The highest BCUT2D eigenvalue weighted by Crippen LogP contribution is 2.22. The van der Waals surface area contributed by atoms with Crippen LogP contribution in [0.5, 0.6) is 0 Å². The first-order valence-corrected chi connectivity index (χ1v) is 10.3. The highest BCUT2D eigenvalue weighted by Gasteiger charge is 2.30. The molecule has 0 atom stereocenters. The van der Waals surface area contributed by atoms with Crippen LogP contribution in [0, 0.1) is 13.8 Å². The summed E-state index contributed by atoms with van der Waals surface area (Å²) in [4.78, 5) is 27.2. The quantitative estimate of drug-likeness (QED) is 0.720. The van der Waals surface area contributed by atoms with Crippen molar-refractivity contribution in [1.29, 1.82) is 0 Å². The summed E-state index contributed by atoms with van der Waals surface area (Å²) in [6, 6.07) is 5.42. The second-order valence-corrected chi connectivity index (χ2v) is 8.78. The number of nitrogens with one attached hydrogen (secondary N) is 1. The molecule has 1 aromatic rings. The Morgan fingerprint density at radius 1 is 1.15 bits per heavy atom. The van der Waals surface area contributed by atoms with Gasteiger partial charge in [-0.15, -0.1) is 0 Å². The van der Waals surface area contributed by atoms with E-state index in [-0.39, 0.29) is 24.9 Å². The molecule has 1 N–H and O–H groups in total. The summed E-state index contributed by atoms with van der Waals surface area (Å²) in [5.74, 6) is -0.389. The third kappa shape index (κ3) is 5.27. The maximum atomic E-state index is 12.9. The molecule has 1 saturated heterocycles. The lowest BCUT2D eigenvalue weighted by Gasteiger charge is -2.34. The van der Waals surface area contributed by atoms with Crippen molar-refractivity contribution in [3.8, 4) is 0 Å². The SMILES string of the molecule is CNC(=O)CN(C)C(=O)CN1CCN(S(=O)(=O)c2cc(C)ccc2C)CC1.